The van der Waals surface area contributed by atoms with Crippen LogP contribution in [-0.4, -0.2) is 4.98 Å². The first-order valence-corrected chi connectivity index (χ1v) is 23.3. The van der Waals surface area contributed by atoms with E-state index in [9.17, 15) is 0 Å². The molecule has 0 aliphatic heterocycles. The average Bonchev–Trinajstić information content (AvgIpc) is 3.83. The van der Waals surface area contributed by atoms with Crippen molar-refractivity contribution in [3.63, 3.8) is 0 Å². The zero-order valence-corrected chi connectivity index (χ0v) is 36.6. The third-order valence-electron chi connectivity index (χ3n) is 14.2. The van der Waals surface area contributed by atoms with Gasteiger partial charge in [0.2, 0.25) is 5.89 Å². The van der Waals surface area contributed by atoms with E-state index in [0.717, 1.165) is 35.2 Å². The third kappa shape index (κ3) is 6.07. The molecule has 0 spiro atoms. The van der Waals surface area contributed by atoms with Crippen molar-refractivity contribution in [3.8, 4) is 56.0 Å². The van der Waals surface area contributed by atoms with Crippen LogP contribution in [0.25, 0.3) is 137 Å². The molecule has 0 saturated heterocycles. The van der Waals surface area contributed by atoms with Crippen molar-refractivity contribution < 1.29 is 4.42 Å². The summed E-state index contributed by atoms with van der Waals surface area (Å²) in [6.07, 6.45) is 6.14. The summed E-state index contributed by atoms with van der Waals surface area (Å²) in [6.45, 7) is 0. The molecular formula is C65H41NO. The van der Waals surface area contributed by atoms with Gasteiger partial charge >= 0.3 is 0 Å². The average molecular weight is 852 g/mol. The highest BCUT2D eigenvalue weighted by Crippen LogP contribution is 2.49. The van der Waals surface area contributed by atoms with E-state index in [4.69, 9.17) is 9.40 Å². The standard InChI is InChI=1S/C65H41NO/c1-3-15-42-35-46(29-25-40(42)13-1)62-55-21-9-10-22-56(55)64(48-30-26-41-14-2-4-16-43(41)36-48)58-39-49(33-34-57(58)62)63-53-19-7-5-17-51(53)61(52-18-6-8-20-54(52)63)47-31-27-45-38-50(32-28-44(45)37-47)65-66-59-23-11-12-24-60(59)67-65/h1-10,12-22,24-39H,11,23H2. The maximum atomic E-state index is 6.21. The van der Waals surface area contributed by atoms with E-state index < -0.39 is 0 Å². The molecule has 0 N–H and O–H groups in total. The van der Waals surface area contributed by atoms with Crippen LogP contribution in [0, 0.1) is 0 Å². The van der Waals surface area contributed by atoms with E-state index >= 15 is 0 Å². The Hall–Kier alpha value is -8.59. The van der Waals surface area contributed by atoms with Gasteiger partial charge in [0.1, 0.15) is 0 Å². The molecule has 1 heterocycles. The van der Waals surface area contributed by atoms with Gasteiger partial charge in [-0.15, -0.1) is 0 Å². The SMILES string of the molecule is C1=Cc2oc(-c3ccc4cc(-c5c6ccccc6c(-c6ccc7c(-c8ccc9ccccc9c8)c8ccccc8c(-c8ccc9ccccc9c8)c7c6)c6ccccc56)ccc4c3)nc2CC1. The number of aromatic nitrogens is 1. The van der Waals surface area contributed by atoms with Crippen LogP contribution in [0.1, 0.15) is 17.9 Å². The topological polar surface area (TPSA) is 26.0 Å². The number of rotatable bonds is 5. The van der Waals surface area contributed by atoms with E-state index in [2.05, 4.69) is 224 Å². The third-order valence-corrected chi connectivity index (χ3v) is 14.2. The quantitative estimate of drug-likeness (QED) is 0.161. The van der Waals surface area contributed by atoms with Crippen LogP contribution in [-0.2, 0) is 6.42 Å². The molecule has 0 fully saturated rings. The van der Waals surface area contributed by atoms with Crippen molar-refractivity contribution in [3.05, 3.63) is 230 Å². The van der Waals surface area contributed by atoms with E-state index in [-0.39, 0.29) is 0 Å². The summed E-state index contributed by atoms with van der Waals surface area (Å²) in [5.74, 6) is 1.57. The Morgan fingerprint density at radius 3 is 1.16 bits per heavy atom. The Morgan fingerprint density at radius 1 is 0.313 bits per heavy atom. The minimum Gasteiger partial charge on any atom is -0.436 e. The van der Waals surface area contributed by atoms with E-state index in [1.807, 2.05) is 0 Å². The number of aryl methyl sites for hydroxylation is 1. The molecule has 0 bridgehead atoms. The predicted molar refractivity (Wildman–Crippen MR) is 284 cm³/mol. The summed E-state index contributed by atoms with van der Waals surface area (Å²) in [6, 6.07) is 79.0. The fraction of sp³-hybridized carbons (Fsp3) is 0.0308. The molecule has 1 aliphatic rings. The van der Waals surface area contributed by atoms with Crippen LogP contribution in [0.15, 0.2) is 223 Å². The van der Waals surface area contributed by atoms with Crippen molar-refractivity contribution in [2.75, 3.05) is 0 Å². The highest BCUT2D eigenvalue weighted by atomic mass is 16.4. The molecule has 0 radical (unpaired) electrons. The predicted octanol–water partition coefficient (Wildman–Crippen LogP) is 18.0. The zero-order chi connectivity index (χ0) is 44.0. The Bertz CT molecular complexity index is 4170. The molecule has 0 saturated carbocycles. The van der Waals surface area contributed by atoms with E-state index in [0.29, 0.717) is 5.89 Å². The van der Waals surface area contributed by atoms with E-state index in [1.54, 1.807) is 0 Å². The Kier molecular flexibility index (Phi) is 8.44. The number of benzene rings is 12. The van der Waals surface area contributed by atoms with Crippen LogP contribution < -0.4 is 0 Å². The van der Waals surface area contributed by atoms with Gasteiger partial charge in [-0.25, -0.2) is 4.98 Å². The van der Waals surface area contributed by atoms with Gasteiger partial charge in [-0.3, -0.25) is 0 Å². The number of nitrogens with zero attached hydrogens (tertiary/aromatic N) is 1. The highest BCUT2D eigenvalue weighted by Gasteiger charge is 2.22. The van der Waals surface area contributed by atoms with Crippen molar-refractivity contribution in [2.24, 2.45) is 0 Å². The number of hydrogen-bond donors (Lipinski definition) is 0. The second-order valence-corrected chi connectivity index (χ2v) is 18.1. The number of allylic oxidation sites excluding steroid dienone is 1. The lowest BCUT2D eigenvalue weighted by atomic mass is 9.82. The smallest absolute Gasteiger partial charge is 0.226 e. The van der Waals surface area contributed by atoms with Crippen LogP contribution >= 0.6 is 0 Å². The molecular weight excluding hydrogens is 811 g/mol. The lowest BCUT2D eigenvalue weighted by molar-refractivity contribution is 0.560. The molecule has 2 heteroatoms. The fourth-order valence-corrected chi connectivity index (χ4v) is 11.1. The first-order chi connectivity index (χ1) is 33.2. The van der Waals surface area contributed by atoms with Crippen LogP contribution in [0.4, 0.5) is 0 Å². The van der Waals surface area contributed by atoms with Gasteiger partial charge in [-0.1, -0.05) is 182 Å². The largest absolute Gasteiger partial charge is 0.436 e. The molecule has 0 amide bonds. The first-order valence-electron chi connectivity index (χ1n) is 23.3. The van der Waals surface area contributed by atoms with Gasteiger partial charge in [-0.05, 0) is 175 Å². The first kappa shape index (κ1) is 37.8. The highest BCUT2D eigenvalue weighted by molar-refractivity contribution is 6.25. The minimum absolute atomic E-state index is 0.686. The van der Waals surface area contributed by atoms with Gasteiger partial charge in [-0.2, -0.15) is 0 Å². The number of fused-ring (bicyclic) bond motifs is 8. The molecule has 2 nitrogen and oxygen atoms in total. The maximum absolute atomic E-state index is 6.21. The zero-order valence-electron chi connectivity index (χ0n) is 36.6. The lowest BCUT2D eigenvalue weighted by Gasteiger charge is -2.21. The van der Waals surface area contributed by atoms with Crippen LogP contribution in [0.5, 0.6) is 0 Å². The minimum atomic E-state index is 0.686. The van der Waals surface area contributed by atoms with Gasteiger partial charge in [0.15, 0.2) is 5.76 Å². The fourth-order valence-electron chi connectivity index (χ4n) is 11.1. The van der Waals surface area contributed by atoms with Crippen molar-refractivity contribution >= 4 is 81.5 Å². The number of hydrogen-bond acceptors (Lipinski definition) is 2. The molecule has 14 rings (SSSR count). The molecule has 312 valence electrons. The summed E-state index contributed by atoms with van der Waals surface area (Å²) in [4.78, 5) is 4.87. The summed E-state index contributed by atoms with van der Waals surface area (Å²) < 4.78 is 6.21. The summed E-state index contributed by atoms with van der Waals surface area (Å²) in [5.41, 5.74) is 11.9. The Morgan fingerprint density at radius 2 is 0.672 bits per heavy atom. The number of oxazole rings is 1. The van der Waals surface area contributed by atoms with Crippen molar-refractivity contribution in [1.82, 2.24) is 4.98 Å². The molecule has 13 aromatic rings. The Labute approximate surface area is 387 Å². The molecule has 0 atom stereocenters. The lowest BCUT2D eigenvalue weighted by Crippen LogP contribution is -1.94. The molecule has 1 aromatic heterocycles. The van der Waals surface area contributed by atoms with Crippen LogP contribution in [0.3, 0.4) is 0 Å². The second kappa shape index (κ2) is 15.0. The van der Waals surface area contributed by atoms with Gasteiger partial charge in [0, 0.05) is 5.56 Å². The second-order valence-electron chi connectivity index (χ2n) is 18.1. The summed E-state index contributed by atoms with van der Waals surface area (Å²) in [7, 11) is 0. The van der Waals surface area contributed by atoms with Gasteiger partial charge in [0.25, 0.3) is 0 Å². The van der Waals surface area contributed by atoms with Gasteiger partial charge < -0.3 is 4.42 Å². The summed E-state index contributed by atoms with van der Waals surface area (Å²) >= 11 is 0. The molecule has 0 unspecified atom stereocenters. The van der Waals surface area contributed by atoms with Crippen LogP contribution in [0.2, 0.25) is 0 Å². The van der Waals surface area contributed by atoms with E-state index in [1.165, 1.54) is 115 Å². The maximum Gasteiger partial charge on any atom is 0.226 e. The normalized spacial score (nSPS) is 12.6. The van der Waals surface area contributed by atoms with Crippen molar-refractivity contribution in [2.45, 2.75) is 12.8 Å². The molecule has 12 aromatic carbocycles. The molecule has 1 aliphatic carbocycles. The molecule has 67 heavy (non-hydrogen) atoms. The summed E-state index contributed by atoms with van der Waals surface area (Å²) in [5, 5.41) is 17.2. The Balaban J connectivity index is 1.00. The van der Waals surface area contributed by atoms with Gasteiger partial charge in [0.05, 0.1) is 5.69 Å². The van der Waals surface area contributed by atoms with Crippen molar-refractivity contribution in [1.29, 1.82) is 0 Å². The monoisotopic (exact) mass is 851 g/mol.